The average Bonchev–Trinajstić information content (AvgIpc) is 2.45. The summed E-state index contributed by atoms with van der Waals surface area (Å²) < 4.78 is 5.66. The molecule has 1 aliphatic heterocycles. The van der Waals surface area contributed by atoms with Gasteiger partial charge in [-0.05, 0) is 19.8 Å². The van der Waals surface area contributed by atoms with Crippen LogP contribution in [0.3, 0.4) is 0 Å². The molecule has 0 saturated carbocycles. The molecule has 0 aromatic rings. The Kier molecular flexibility index (Phi) is 4.70. The summed E-state index contributed by atoms with van der Waals surface area (Å²) in [6, 6.07) is 0.517. The molecular weight excluding hydrogens is 166 g/mol. The fraction of sp³-hybridized carbons (Fsp3) is 1.00. The molecule has 0 amide bonds. The molecule has 0 aromatic carbocycles. The van der Waals surface area contributed by atoms with E-state index in [1.165, 1.54) is 0 Å². The molecule has 0 radical (unpaired) electrons. The van der Waals surface area contributed by atoms with E-state index in [1.54, 1.807) is 0 Å². The van der Waals surface area contributed by atoms with E-state index in [4.69, 9.17) is 9.84 Å². The Bertz CT molecular complexity index is 139. The maximum absolute atomic E-state index is 8.76. The molecule has 0 bridgehead atoms. The van der Waals surface area contributed by atoms with E-state index in [0.717, 1.165) is 32.4 Å². The minimum Gasteiger partial charge on any atom is -0.396 e. The average molecular weight is 187 g/mol. The fourth-order valence-corrected chi connectivity index (χ4v) is 1.84. The van der Waals surface area contributed by atoms with Crippen LogP contribution in [0.1, 0.15) is 33.1 Å². The standard InChI is InChI=1S/C10H21NO2/c1-3-5-10-11(6-4-7-12)9(2)8-13-10/h9-10,12H,3-8H2,1-2H3. The van der Waals surface area contributed by atoms with Gasteiger partial charge in [0.1, 0.15) is 6.23 Å². The molecule has 1 rings (SSSR count). The van der Waals surface area contributed by atoms with E-state index in [2.05, 4.69) is 18.7 Å². The van der Waals surface area contributed by atoms with Crippen molar-refractivity contribution in [3.8, 4) is 0 Å². The van der Waals surface area contributed by atoms with E-state index >= 15 is 0 Å². The van der Waals surface area contributed by atoms with Gasteiger partial charge in [0, 0.05) is 19.2 Å². The smallest absolute Gasteiger partial charge is 0.110 e. The minimum atomic E-state index is 0.280. The summed E-state index contributed by atoms with van der Waals surface area (Å²) in [6.45, 7) is 6.45. The number of rotatable bonds is 5. The van der Waals surface area contributed by atoms with Crippen LogP contribution in [0.25, 0.3) is 0 Å². The second kappa shape index (κ2) is 5.58. The van der Waals surface area contributed by atoms with Crippen molar-refractivity contribution in [3.05, 3.63) is 0 Å². The SMILES string of the molecule is CCCC1OCC(C)N1CCCO. The largest absolute Gasteiger partial charge is 0.396 e. The highest BCUT2D eigenvalue weighted by atomic mass is 16.5. The fourth-order valence-electron chi connectivity index (χ4n) is 1.84. The predicted molar refractivity (Wildman–Crippen MR) is 52.5 cm³/mol. The lowest BCUT2D eigenvalue weighted by atomic mass is 10.2. The Labute approximate surface area is 80.7 Å². The molecule has 0 aliphatic carbocycles. The number of aliphatic hydroxyl groups excluding tert-OH is 1. The summed E-state index contributed by atoms with van der Waals surface area (Å²) in [4.78, 5) is 2.36. The highest BCUT2D eigenvalue weighted by Gasteiger charge is 2.29. The predicted octanol–water partition coefficient (Wildman–Crippen LogP) is 1.22. The van der Waals surface area contributed by atoms with Gasteiger partial charge in [-0.1, -0.05) is 13.3 Å². The van der Waals surface area contributed by atoms with E-state index in [0.29, 0.717) is 12.3 Å². The maximum Gasteiger partial charge on any atom is 0.110 e. The lowest BCUT2D eigenvalue weighted by Crippen LogP contribution is -2.36. The molecule has 2 unspecified atom stereocenters. The highest BCUT2D eigenvalue weighted by molar-refractivity contribution is 4.76. The Morgan fingerprint density at radius 2 is 2.31 bits per heavy atom. The first-order valence-electron chi connectivity index (χ1n) is 5.27. The first-order chi connectivity index (χ1) is 6.29. The van der Waals surface area contributed by atoms with Crippen LogP contribution in [-0.4, -0.2) is 42.0 Å². The molecule has 1 heterocycles. The summed E-state index contributed by atoms with van der Waals surface area (Å²) in [7, 11) is 0. The normalized spacial score (nSPS) is 29.8. The summed E-state index contributed by atoms with van der Waals surface area (Å²) in [6.07, 6.45) is 3.42. The first-order valence-corrected chi connectivity index (χ1v) is 5.27. The van der Waals surface area contributed by atoms with Crippen molar-refractivity contribution in [2.24, 2.45) is 0 Å². The van der Waals surface area contributed by atoms with E-state index in [9.17, 15) is 0 Å². The summed E-state index contributed by atoms with van der Waals surface area (Å²) in [5, 5.41) is 8.76. The van der Waals surface area contributed by atoms with Crippen molar-refractivity contribution in [1.82, 2.24) is 4.90 Å². The molecular formula is C10H21NO2. The quantitative estimate of drug-likeness (QED) is 0.702. The van der Waals surface area contributed by atoms with Gasteiger partial charge in [0.15, 0.2) is 0 Å². The van der Waals surface area contributed by atoms with Crippen molar-refractivity contribution in [2.45, 2.75) is 45.4 Å². The van der Waals surface area contributed by atoms with Crippen molar-refractivity contribution < 1.29 is 9.84 Å². The topological polar surface area (TPSA) is 32.7 Å². The monoisotopic (exact) mass is 187 g/mol. The van der Waals surface area contributed by atoms with E-state index < -0.39 is 0 Å². The lowest BCUT2D eigenvalue weighted by Gasteiger charge is -2.25. The Balaban J connectivity index is 2.35. The Hall–Kier alpha value is -0.120. The number of hydrogen-bond donors (Lipinski definition) is 1. The van der Waals surface area contributed by atoms with Crippen LogP contribution in [0, 0.1) is 0 Å². The van der Waals surface area contributed by atoms with Gasteiger partial charge in [-0.2, -0.15) is 0 Å². The molecule has 13 heavy (non-hydrogen) atoms. The molecule has 1 fully saturated rings. The van der Waals surface area contributed by atoms with Crippen LogP contribution in [0.15, 0.2) is 0 Å². The number of nitrogens with zero attached hydrogens (tertiary/aromatic N) is 1. The third-order valence-electron chi connectivity index (χ3n) is 2.58. The molecule has 1 saturated heterocycles. The highest BCUT2D eigenvalue weighted by Crippen LogP contribution is 2.20. The summed E-state index contributed by atoms with van der Waals surface area (Å²) in [5.74, 6) is 0. The third kappa shape index (κ3) is 2.93. The van der Waals surface area contributed by atoms with Gasteiger partial charge in [-0.15, -0.1) is 0 Å². The van der Waals surface area contributed by atoms with Gasteiger partial charge in [0.05, 0.1) is 6.61 Å². The van der Waals surface area contributed by atoms with Gasteiger partial charge in [0.25, 0.3) is 0 Å². The van der Waals surface area contributed by atoms with Crippen LogP contribution in [0.2, 0.25) is 0 Å². The van der Waals surface area contributed by atoms with E-state index in [-0.39, 0.29) is 6.61 Å². The third-order valence-corrected chi connectivity index (χ3v) is 2.58. The van der Waals surface area contributed by atoms with Crippen molar-refractivity contribution in [2.75, 3.05) is 19.8 Å². The molecule has 2 atom stereocenters. The van der Waals surface area contributed by atoms with Gasteiger partial charge in [-0.25, -0.2) is 0 Å². The van der Waals surface area contributed by atoms with Crippen molar-refractivity contribution >= 4 is 0 Å². The molecule has 3 heteroatoms. The lowest BCUT2D eigenvalue weighted by molar-refractivity contribution is 0.0215. The molecule has 1 N–H and O–H groups in total. The molecule has 78 valence electrons. The van der Waals surface area contributed by atoms with Gasteiger partial charge >= 0.3 is 0 Å². The van der Waals surface area contributed by atoms with Gasteiger partial charge in [0.2, 0.25) is 0 Å². The zero-order valence-electron chi connectivity index (χ0n) is 8.70. The molecule has 0 spiro atoms. The van der Waals surface area contributed by atoms with E-state index in [1.807, 2.05) is 0 Å². The Morgan fingerprint density at radius 1 is 1.54 bits per heavy atom. The minimum absolute atomic E-state index is 0.280. The van der Waals surface area contributed by atoms with Crippen molar-refractivity contribution in [3.63, 3.8) is 0 Å². The van der Waals surface area contributed by atoms with Crippen LogP contribution in [0.5, 0.6) is 0 Å². The molecule has 3 nitrogen and oxygen atoms in total. The van der Waals surface area contributed by atoms with Crippen LogP contribution < -0.4 is 0 Å². The van der Waals surface area contributed by atoms with Gasteiger partial charge in [-0.3, -0.25) is 4.90 Å². The summed E-state index contributed by atoms with van der Waals surface area (Å²) >= 11 is 0. The zero-order chi connectivity index (χ0) is 9.68. The first kappa shape index (κ1) is 11.0. The number of hydrogen-bond acceptors (Lipinski definition) is 3. The number of aliphatic hydroxyl groups is 1. The van der Waals surface area contributed by atoms with Gasteiger partial charge < -0.3 is 9.84 Å². The number of ether oxygens (including phenoxy) is 1. The zero-order valence-corrected chi connectivity index (χ0v) is 8.70. The second-order valence-electron chi connectivity index (χ2n) is 3.74. The van der Waals surface area contributed by atoms with Crippen LogP contribution in [0.4, 0.5) is 0 Å². The van der Waals surface area contributed by atoms with Crippen LogP contribution in [-0.2, 0) is 4.74 Å². The Morgan fingerprint density at radius 3 is 2.92 bits per heavy atom. The second-order valence-corrected chi connectivity index (χ2v) is 3.74. The summed E-state index contributed by atoms with van der Waals surface area (Å²) in [5.41, 5.74) is 0. The molecule has 0 aromatic heterocycles. The van der Waals surface area contributed by atoms with Crippen LogP contribution >= 0.6 is 0 Å². The molecule has 1 aliphatic rings. The maximum atomic E-state index is 8.76. The van der Waals surface area contributed by atoms with Crippen molar-refractivity contribution in [1.29, 1.82) is 0 Å².